The highest BCUT2D eigenvalue weighted by Gasteiger charge is 2.58. The Hall–Kier alpha value is -2.35. The molecular weight excluding hydrogens is 1120 g/mol. The van der Waals surface area contributed by atoms with Gasteiger partial charge in [-0.05, 0) is 53.4 Å². The Morgan fingerprint density at radius 2 is 1.00 bits per heavy atom. The van der Waals surface area contributed by atoms with Crippen LogP contribution in [0.2, 0.25) is 0 Å². The molecule has 9 N–H and O–H groups in total. The minimum Gasteiger partial charge on any atom is -0.457 e. The average molecular weight is 1230 g/mol. The van der Waals surface area contributed by atoms with Gasteiger partial charge in [-0.25, -0.2) is 0 Å². The predicted octanol–water partition coefficient (Wildman–Crippen LogP) is 3.28. The van der Waals surface area contributed by atoms with Gasteiger partial charge in [-0.2, -0.15) is 0 Å². The molecule has 0 amide bonds. The van der Waals surface area contributed by atoms with Gasteiger partial charge in [-0.3, -0.25) is 14.4 Å². The SMILES string of the molecule is CCCCCCCCCCCC(=O)O[C@H]1[C@H](O[C@@H]2[C@@H](O)[C@H]3OC(=O)CCCCCCCCCC(CCCCC)O[C@@H]4O[C@H](C)[C@@H](O)[C@H](O)[C@H]4OC3O[C@H]2C)O[C@@H](C)[C@H](O[C@@H]2O[C@@H](C)[C@H](OC(C)=O)[C@@H](O)[C@H]2O[C@@H]2O[C@H](CO)[C@@H](O)[C@H](O)[C@H]2O)[C@H]1O. The summed E-state index contributed by atoms with van der Waals surface area (Å²) < 4.78 is 80.4. The maximum atomic E-state index is 13.9. The molecule has 6 rings (SSSR count). The predicted molar refractivity (Wildman–Crippen MR) is 298 cm³/mol. The third kappa shape index (κ3) is 20.3. The van der Waals surface area contributed by atoms with Crippen molar-refractivity contribution >= 4 is 17.9 Å². The van der Waals surface area contributed by atoms with E-state index in [1.807, 2.05) is 0 Å². The lowest BCUT2D eigenvalue weighted by Gasteiger charge is -2.50. The number of carbonyl (C=O) groups is 3. The number of rotatable bonds is 23. The van der Waals surface area contributed by atoms with Crippen molar-refractivity contribution in [3.8, 4) is 0 Å². The first-order valence-corrected chi connectivity index (χ1v) is 31.8. The average Bonchev–Trinajstić information content (AvgIpc) is 2.63. The van der Waals surface area contributed by atoms with Gasteiger partial charge in [0.15, 0.2) is 49.8 Å². The fourth-order valence-electron chi connectivity index (χ4n) is 12.1. The number of aliphatic hydroxyl groups excluding tert-OH is 9. The second-order valence-electron chi connectivity index (χ2n) is 24.2. The summed E-state index contributed by atoms with van der Waals surface area (Å²) in [5.41, 5.74) is 0. The highest BCUT2D eigenvalue weighted by atomic mass is 16.8. The first-order valence-electron chi connectivity index (χ1n) is 31.8. The Bertz CT molecular complexity index is 1940. The van der Waals surface area contributed by atoms with Crippen LogP contribution in [-0.2, 0) is 76.0 Å². The zero-order valence-electron chi connectivity index (χ0n) is 51.0. The van der Waals surface area contributed by atoms with Crippen LogP contribution in [0, 0.1) is 0 Å². The Balaban J connectivity index is 1.27. The number of fused-ring (bicyclic) bond motifs is 2. The third-order valence-corrected chi connectivity index (χ3v) is 17.2. The number of ether oxygens (including phenoxy) is 13. The Kier molecular flexibility index (Phi) is 30.3. The molecule has 6 aliphatic rings. The van der Waals surface area contributed by atoms with Crippen molar-refractivity contribution in [2.24, 2.45) is 0 Å². The number of hydrogen-bond acceptors (Lipinski definition) is 25. The number of unbranched alkanes of at least 4 members (excludes halogenated alkanes) is 10. The molecule has 494 valence electrons. The Morgan fingerprint density at radius 3 is 1.65 bits per heavy atom. The molecule has 25 nitrogen and oxygen atoms in total. The summed E-state index contributed by atoms with van der Waals surface area (Å²) in [5, 5.41) is 102. The van der Waals surface area contributed by atoms with Crippen LogP contribution in [0.1, 0.15) is 196 Å². The summed E-state index contributed by atoms with van der Waals surface area (Å²) in [6.07, 6.45) is -20.2. The maximum Gasteiger partial charge on any atom is 0.306 e. The van der Waals surface area contributed by atoms with E-state index >= 15 is 0 Å². The van der Waals surface area contributed by atoms with Crippen LogP contribution in [-0.4, -0.2) is 230 Å². The molecule has 2 unspecified atom stereocenters. The molecule has 0 aromatic heterocycles. The van der Waals surface area contributed by atoms with Gasteiger partial charge in [-0.15, -0.1) is 0 Å². The number of hydrogen-bond donors (Lipinski definition) is 9. The van der Waals surface area contributed by atoms with Gasteiger partial charge in [0, 0.05) is 19.8 Å². The van der Waals surface area contributed by atoms with Crippen LogP contribution in [0.3, 0.4) is 0 Å². The Labute approximate surface area is 500 Å². The van der Waals surface area contributed by atoms with E-state index in [-0.39, 0.29) is 18.9 Å². The molecule has 0 radical (unpaired) electrons. The lowest BCUT2D eigenvalue weighted by Crippen LogP contribution is -2.67. The summed E-state index contributed by atoms with van der Waals surface area (Å²) in [5.74, 6) is -2.23. The van der Waals surface area contributed by atoms with Gasteiger partial charge in [0.1, 0.15) is 79.4 Å². The van der Waals surface area contributed by atoms with E-state index in [4.69, 9.17) is 61.6 Å². The van der Waals surface area contributed by atoms with Gasteiger partial charge in [0.05, 0.1) is 37.1 Å². The molecule has 6 fully saturated rings. The quantitative estimate of drug-likeness (QED) is 0.0403. The van der Waals surface area contributed by atoms with Gasteiger partial charge in [0.25, 0.3) is 0 Å². The highest BCUT2D eigenvalue weighted by molar-refractivity contribution is 5.70. The van der Waals surface area contributed by atoms with E-state index in [2.05, 4.69) is 13.8 Å². The largest absolute Gasteiger partial charge is 0.457 e. The van der Waals surface area contributed by atoms with Gasteiger partial charge in [-0.1, -0.05) is 123 Å². The topological polar surface area (TPSA) is 353 Å². The van der Waals surface area contributed by atoms with E-state index < -0.39 is 178 Å². The molecule has 26 atom stereocenters. The van der Waals surface area contributed by atoms with Crippen molar-refractivity contribution in [2.45, 2.75) is 356 Å². The standard InChI is InChI=1S/C60H104O25/c1-8-10-12-13-14-15-18-21-25-29-39(63)80-53-47(71)51(83-60-55(46(70)49(33(4)74-60)77-36(7)62)84-56-45(69)43(67)42(66)38(31-61)79-56)34(5)75-58(53)82-50-35(6)76-59-54(48(50)72)81-40(64)30-26-22-19-16-17-20-24-28-37(27-23-11-9-2)78-57-52(85-59)44(68)41(65)32(3)73-57/h32-35,37-38,41-61,65-72H,8-31H2,1-7H3/t32-,33+,34+,35+,37?,38-,41-,42-,43+,44+,45-,46-,47-,48-,49+,50+,51+,52-,53-,54-,55-,56+,57+,58+,59?,60+/m1/s1. The zero-order chi connectivity index (χ0) is 61.9. The smallest absolute Gasteiger partial charge is 0.306 e. The second kappa shape index (κ2) is 35.9. The highest BCUT2D eigenvalue weighted by Crippen LogP contribution is 2.39. The monoisotopic (exact) mass is 1220 g/mol. The fraction of sp³-hybridized carbons (Fsp3) is 0.950. The van der Waals surface area contributed by atoms with Crippen molar-refractivity contribution in [1.29, 1.82) is 0 Å². The minimum absolute atomic E-state index is 0.0132. The molecule has 25 heteroatoms. The molecule has 6 saturated heterocycles. The number of aliphatic hydroxyl groups is 9. The number of carbonyl (C=O) groups excluding carboxylic acids is 3. The molecule has 0 aromatic carbocycles. The molecular formula is C60H104O25. The first kappa shape index (κ1) is 71.7. The lowest BCUT2D eigenvalue weighted by molar-refractivity contribution is -0.395. The summed E-state index contributed by atoms with van der Waals surface area (Å²) in [7, 11) is 0. The zero-order valence-corrected chi connectivity index (χ0v) is 51.0. The van der Waals surface area contributed by atoms with Crippen LogP contribution in [0.4, 0.5) is 0 Å². The third-order valence-electron chi connectivity index (χ3n) is 17.2. The normalized spacial score (nSPS) is 42.0. The molecule has 0 bridgehead atoms. The molecule has 0 saturated carbocycles. The van der Waals surface area contributed by atoms with Crippen molar-refractivity contribution in [1.82, 2.24) is 0 Å². The molecule has 0 aliphatic carbocycles. The summed E-state index contributed by atoms with van der Waals surface area (Å²) in [6.45, 7) is 10.7. The van der Waals surface area contributed by atoms with Crippen LogP contribution in [0.25, 0.3) is 0 Å². The van der Waals surface area contributed by atoms with Crippen molar-refractivity contribution < 1.29 is 122 Å². The first-order chi connectivity index (χ1) is 40.7. The van der Waals surface area contributed by atoms with Crippen molar-refractivity contribution in [2.75, 3.05) is 6.61 Å². The van der Waals surface area contributed by atoms with Crippen LogP contribution in [0.15, 0.2) is 0 Å². The second-order valence-corrected chi connectivity index (χ2v) is 24.2. The van der Waals surface area contributed by atoms with E-state index in [1.54, 1.807) is 6.92 Å². The van der Waals surface area contributed by atoms with Crippen LogP contribution in [0.5, 0.6) is 0 Å². The van der Waals surface area contributed by atoms with Crippen LogP contribution < -0.4 is 0 Å². The van der Waals surface area contributed by atoms with E-state index in [0.717, 1.165) is 122 Å². The summed E-state index contributed by atoms with van der Waals surface area (Å²) >= 11 is 0. The number of esters is 3. The molecule has 0 spiro atoms. The molecule has 85 heavy (non-hydrogen) atoms. The van der Waals surface area contributed by atoms with Gasteiger partial charge >= 0.3 is 17.9 Å². The summed E-state index contributed by atoms with van der Waals surface area (Å²) in [6, 6.07) is 0. The fourth-order valence-corrected chi connectivity index (χ4v) is 12.1. The van der Waals surface area contributed by atoms with E-state index in [0.29, 0.717) is 12.8 Å². The lowest BCUT2D eigenvalue weighted by atomic mass is 9.95. The molecule has 6 aliphatic heterocycles. The maximum absolute atomic E-state index is 13.9. The molecule has 0 aromatic rings. The van der Waals surface area contributed by atoms with Crippen molar-refractivity contribution in [3.05, 3.63) is 0 Å². The van der Waals surface area contributed by atoms with Gasteiger partial charge < -0.3 is 108 Å². The Morgan fingerprint density at radius 1 is 0.471 bits per heavy atom. The molecule has 6 heterocycles. The van der Waals surface area contributed by atoms with Crippen molar-refractivity contribution in [3.63, 3.8) is 0 Å². The van der Waals surface area contributed by atoms with E-state index in [9.17, 15) is 60.3 Å². The van der Waals surface area contributed by atoms with Crippen LogP contribution >= 0.6 is 0 Å². The van der Waals surface area contributed by atoms with E-state index in [1.165, 1.54) is 27.2 Å². The minimum atomic E-state index is -1.95. The van der Waals surface area contributed by atoms with Gasteiger partial charge in [0.2, 0.25) is 0 Å². The summed E-state index contributed by atoms with van der Waals surface area (Å²) in [4.78, 5) is 39.9.